The van der Waals surface area contributed by atoms with E-state index in [2.05, 4.69) is 26.8 Å². The first-order valence-electron chi connectivity index (χ1n) is 4.26. The fourth-order valence-electron chi connectivity index (χ4n) is 0.954. The summed E-state index contributed by atoms with van der Waals surface area (Å²) in [5.41, 5.74) is 1.38. The standard InChI is InChI=1S/C10H18O/c1-9(2)5-4-6-10(3)7-8-11/h5,8,10H,4,6-7H2,1-3H3/p+1. The van der Waals surface area contributed by atoms with Crippen molar-refractivity contribution in [1.82, 2.24) is 0 Å². The fourth-order valence-corrected chi connectivity index (χ4v) is 0.954. The van der Waals surface area contributed by atoms with E-state index >= 15 is 0 Å². The molecule has 0 saturated heterocycles. The van der Waals surface area contributed by atoms with E-state index < -0.39 is 0 Å². The van der Waals surface area contributed by atoms with Crippen molar-refractivity contribution in [3.63, 3.8) is 0 Å². The minimum Gasteiger partial charge on any atom is -0.287 e. The van der Waals surface area contributed by atoms with Crippen molar-refractivity contribution in [2.75, 3.05) is 0 Å². The van der Waals surface area contributed by atoms with Gasteiger partial charge in [-0.15, -0.1) is 0 Å². The van der Waals surface area contributed by atoms with Gasteiger partial charge in [0.25, 0.3) is 6.29 Å². The molecule has 0 aromatic carbocycles. The fraction of sp³-hybridized carbons (Fsp3) is 0.700. The maximum absolute atomic E-state index is 8.50. The summed E-state index contributed by atoms with van der Waals surface area (Å²) in [6.07, 6.45) is 6.62. The third kappa shape index (κ3) is 7.31. The van der Waals surface area contributed by atoms with E-state index in [1.807, 2.05) is 0 Å². The zero-order chi connectivity index (χ0) is 8.69. The summed E-state index contributed by atoms with van der Waals surface area (Å²) in [7, 11) is 0. The summed E-state index contributed by atoms with van der Waals surface area (Å²) in [6.45, 7) is 6.39. The number of aldehydes is 1. The molecular formula is C10H19O+. The van der Waals surface area contributed by atoms with Gasteiger partial charge in [0.05, 0.1) is 6.42 Å². The molecule has 0 aliphatic rings. The van der Waals surface area contributed by atoms with Gasteiger partial charge in [-0.1, -0.05) is 18.6 Å². The maximum Gasteiger partial charge on any atom is 0.282 e. The Bertz CT molecular complexity index is 132. The summed E-state index contributed by atoms with van der Waals surface area (Å²) in [6, 6.07) is 0. The minimum atomic E-state index is 0.607. The first kappa shape index (κ1) is 10.4. The van der Waals surface area contributed by atoms with Crippen LogP contribution in [0, 0.1) is 5.92 Å². The SMILES string of the molecule is CC(C)=CCCC(C)CC=[OH+]. The highest BCUT2D eigenvalue weighted by Crippen LogP contribution is 2.09. The molecule has 1 atom stereocenters. The van der Waals surface area contributed by atoms with Crippen LogP contribution in [0.1, 0.15) is 40.0 Å². The molecule has 1 N–H and O–H groups in total. The smallest absolute Gasteiger partial charge is 0.282 e. The number of hydrogen-bond acceptors (Lipinski definition) is 0. The van der Waals surface area contributed by atoms with E-state index in [0.29, 0.717) is 5.92 Å². The quantitative estimate of drug-likeness (QED) is 0.331. The van der Waals surface area contributed by atoms with Crippen molar-refractivity contribution in [3.05, 3.63) is 11.6 Å². The number of rotatable bonds is 5. The van der Waals surface area contributed by atoms with E-state index in [9.17, 15) is 0 Å². The first-order valence-corrected chi connectivity index (χ1v) is 4.26. The Morgan fingerprint density at radius 2 is 2.09 bits per heavy atom. The van der Waals surface area contributed by atoms with E-state index in [1.165, 1.54) is 18.3 Å². The second-order valence-corrected chi connectivity index (χ2v) is 3.38. The third-order valence-corrected chi connectivity index (χ3v) is 1.72. The van der Waals surface area contributed by atoms with Crippen molar-refractivity contribution < 1.29 is 4.79 Å². The molecule has 1 heteroatoms. The molecule has 0 rings (SSSR count). The van der Waals surface area contributed by atoms with Gasteiger partial charge < -0.3 is 0 Å². The molecule has 1 unspecified atom stereocenters. The molecule has 0 saturated carbocycles. The van der Waals surface area contributed by atoms with Crippen LogP contribution in [0.2, 0.25) is 0 Å². The van der Waals surface area contributed by atoms with Gasteiger partial charge in [0, 0.05) is 0 Å². The second-order valence-electron chi connectivity index (χ2n) is 3.38. The van der Waals surface area contributed by atoms with Gasteiger partial charge in [0.1, 0.15) is 0 Å². The second kappa shape index (κ2) is 6.14. The average Bonchev–Trinajstić information content (AvgIpc) is 1.87. The third-order valence-electron chi connectivity index (χ3n) is 1.72. The zero-order valence-corrected chi connectivity index (χ0v) is 7.80. The van der Waals surface area contributed by atoms with Gasteiger partial charge in [-0.2, -0.15) is 0 Å². The number of hydrogen-bond donors (Lipinski definition) is 0. The Morgan fingerprint density at radius 3 is 2.55 bits per heavy atom. The van der Waals surface area contributed by atoms with Gasteiger partial charge >= 0.3 is 0 Å². The molecule has 0 heterocycles. The summed E-state index contributed by atoms with van der Waals surface area (Å²) in [5.74, 6) is 0.607. The molecule has 0 fully saturated rings. The topological polar surface area (TPSA) is 21.4 Å². The van der Waals surface area contributed by atoms with Gasteiger partial charge in [-0.05, 0) is 32.6 Å². The average molecular weight is 155 g/mol. The van der Waals surface area contributed by atoms with E-state index in [-0.39, 0.29) is 0 Å². The van der Waals surface area contributed by atoms with E-state index in [0.717, 1.165) is 12.8 Å². The van der Waals surface area contributed by atoms with Crippen molar-refractivity contribution in [3.8, 4) is 0 Å². The lowest BCUT2D eigenvalue weighted by Gasteiger charge is -2.02. The lowest BCUT2D eigenvalue weighted by Crippen LogP contribution is -1.94. The van der Waals surface area contributed by atoms with Crippen LogP contribution in [-0.4, -0.2) is 11.1 Å². The molecule has 64 valence electrons. The largest absolute Gasteiger partial charge is 0.287 e. The molecule has 0 aromatic heterocycles. The summed E-state index contributed by atoms with van der Waals surface area (Å²) in [4.78, 5) is 8.50. The van der Waals surface area contributed by atoms with Crippen LogP contribution in [-0.2, 0) is 0 Å². The summed E-state index contributed by atoms with van der Waals surface area (Å²) >= 11 is 0. The molecule has 0 aromatic rings. The molecule has 0 spiro atoms. The molecule has 0 bridgehead atoms. The highest BCUT2D eigenvalue weighted by atomic mass is 16.1. The van der Waals surface area contributed by atoms with Gasteiger partial charge in [0.15, 0.2) is 0 Å². The first-order chi connectivity index (χ1) is 5.16. The predicted octanol–water partition coefficient (Wildman–Crippen LogP) is 2.93. The molecule has 0 aliphatic heterocycles. The highest BCUT2D eigenvalue weighted by molar-refractivity contribution is 5.50. The van der Waals surface area contributed by atoms with Crippen molar-refractivity contribution in [2.24, 2.45) is 5.92 Å². The molecule has 1 nitrogen and oxygen atoms in total. The molecule has 0 aliphatic carbocycles. The van der Waals surface area contributed by atoms with Crippen molar-refractivity contribution in [1.29, 1.82) is 0 Å². The van der Waals surface area contributed by atoms with Crippen molar-refractivity contribution in [2.45, 2.75) is 40.0 Å². The molecule has 11 heavy (non-hydrogen) atoms. The Hall–Kier alpha value is -0.590. The normalized spacial score (nSPS) is 12.3. The lowest BCUT2D eigenvalue weighted by molar-refractivity contribution is 0.544. The summed E-state index contributed by atoms with van der Waals surface area (Å²) in [5, 5.41) is 0. The van der Waals surface area contributed by atoms with Crippen LogP contribution < -0.4 is 0 Å². The minimum absolute atomic E-state index is 0.607. The Balaban J connectivity index is 3.38. The molecule has 0 amide bonds. The Kier molecular flexibility index (Phi) is 5.81. The van der Waals surface area contributed by atoms with Crippen LogP contribution in [0.15, 0.2) is 11.6 Å². The van der Waals surface area contributed by atoms with Gasteiger partial charge in [-0.3, -0.25) is 4.79 Å². The highest BCUT2D eigenvalue weighted by Gasteiger charge is 2.00. The number of allylic oxidation sites excluding steroid dienone is 2. The van der Waals surface area contributed by atoms with E-state index in [4.69, 9.17) is 4.79 Å². The lowest BCUT2D eigenvalue weighted by atomic mass is 10.0. The predicted molar refractivity (Wildman–Crippen MR) is 50.4 cm³/mol. The van der Waals surface area contributed by atoms with Gasteiger partial charge in [-0.25, -0.2) is 0 Å². The monoisotopic (exact) mass is 155 g/mol. The van der Waals surface area contributed by atoms with Crippen LogP contribution in [0.25, 0.3) is 0 Å². The van der Waals surface area contributed by atoms with Crippen LogP contribution in [0.3, 0.4) is 0 Å². The Labute approximate surface area is 69.5 Å². The molecular weight excluding hydrogens is 136 g/mol. The van der Waals surface area contributed by atoms with Gasteiger partial charge in [0.2, 0.25) is 0 Å². The van der Waals surface area contributed by atoms with Crippen LogP contribution in [0.5, 0.6) is 0 Å². The maximum atomic E-state index is 8.50. The molecule has 0 radical (unpaired) electrons. The Morgan fingerprint density at radius 1 is 1.45 bits per heavy atom. The summed E-state index contributed by atoms with van der Waals surface area (Å²) < 4.78 is 0. The van der Waals surface area contributed by atoms with E-state index in [1.54, 1.807) is 0 Å². The van der Waals surface area contributed by atoms with Crippen molar-refractivity contribution >= 4 is 6.29 Å². The zero-order valence-electron chi connectivity index (χ0n) is 7.80. The number of carbonyl (C=O) groups excluding carboxylic acids is 1. The van der Waals surface area contributed by atoms with Crippen LogP contribution >= 0.6 is 0 Å². The van der Waals surface area contributed by atoms with Crippen LogP contribution in [0.4, 0.5) is 0 Å².